The highest BCUT2D eigenvalue weighted by molar-refractivity contribution is 8.00. The summed E-state index contributed by atoms with van der Waals surface area (Å²) in [6.45, 7) is 0. The molecule has 0 radical (unpaired) electrons. The van der Waals surface area contributed by atoms with Crippen LogP contribution in [0.1, 0.15) is 19.3 Å². The minimum Gasteiger partial charge on any atom is -0.480 e. The van der Waals surface area contributed by atoms with Crippen LogP contribution in [0.3, 0.4) is 0 Å². The molecular formula is C7H13NO2S. The number of hydrogen-bond acceptors (Lipinski definition) is 3. The molecule has 0 unspecified atom stereocenters. The molecule has 0 spiro atoms. The average molecular weight is 175 g/mol. The lowest BCUT2D eigenvalue weighted by molar-refractivity contribution is -0.138. The minimum absolute atomic E-state index is 0.594. The standard InChI is InChI=1S/C7H13NO2S/c8-6(7(9)10)3-4-11-5-1-2-5/h5-6H,1-4,8H2,(H,9,10)/t6-/m0/s1. The summed E-state index contributed by atoms with van der Waals surface area (Å²) >= 11 is 1.84. The fourth-order valence-corrected chi connectivity index (χ4v) is 1.91. The molecule has 1 fully saturated rings. The molecule has 1 aliphatic carbocycles. The van der Waals surface area contributed by atoms with Gasteiger partial charge >= 0.3 is 5.97 Å². The lowest BCUT2D eigenvalue weighted by Crippen LogP contribution is -2.30. The van der Waals surface area contributed by atoms with Crippen molar-refractivity contribution in [2.45, 2.75) is 30.6 Å². The molecule has 0 heterocycles. The maximum Gasteiger partial charge on any atom is 0.320 e. The first-order chi connectivity index (χ1) is 5.20. The van der Waals surface area contributed by atoms with Crippen LogP contribution in [0.5, 0.6) is 0 Å². The Balaban J connectivity index is 1.96. The summed E-state index contributed by atoms with van der Waals surface area (Å²) in [6, 6.07) is -0.666. The quantitative estimate of drug-likeness (QED) is 0.645. The van der Waals surface area contributed by atoms with Crippen molar-refractivity contribution in [2.24, 2.45) is 5.73 Å². The predicted molar refractivity (Wildman–Crippen MR) is 45.7 cm³/mol. The SMILES string of the molecule is N[C@@H](CCSC1CC1)C(=O)O. The van der Waals surface area contributed by atoms with Crippen molar-refractivity contribution >= 4 is 17.7 Å². The van der Waals surface area contributed by atoms with Crippen molar-refractivity contribution < 1.29 is 9.90 Å². The fraction of sp³-hybridized carbons (Fsp3) is 0.857. The molecule has 0 aliphatic heterocycles. The van der Waals surface area contributed by atoms with Gasteiger partial charge in [-0.2, -0.15) is 11.8 Å². The first kappa shape index (κ1) is 8.87. The number of carboxylic acids is 1. The van der Waals surface area contributed by atoms with Crippen molar-refractivity contribution in [3.63, 3.8) is 0 Å². The van der Waals surface area contributed by atoms with Crippen LogP contribution in [0.15, 0.2) is 0 Å². The van der Waals surface area contributed by atoms with Gasteiger partial charge in [0.05, 0.1) is 0 Å². The molecule has 0 aromatic rings. The van der Waals surface area contributed by atoms with Gasteiger partial charge in [0.1, 0.15) is 6.04 Å². The number of nitrogens with two attached hydrogens (primary N) is 1. The first-order valence-corrected chi connectivity index (χ1v) is 4.85. The van der Waals surface area contributed by atoms with Crippen LogP contribution >= 0.6 is 11.8 Å². The van der Waals surface area contributed by atoms with Crippen LogP contribution in [-0.4, -0.2) is 28.1 Å². The molecule has 1 rings (SSSR count). The maximum absolute atomic E-state index is 10.3. The molecule has 1 atom stereocenters. The Labute approximate surface area is 70.3 Å². The van der Waals surface area contributed by atoms with Gasteiger partial charge in [-0.3, -0.25) is 4.79 Å². The second kappa shape index (κ2) is 3.97. The van der Waals surface area contributed by atoms with E-state index in [1.54, 1.807) is 0 Å². The summed E-state index contributed by atoms with van der Waals surface area (Å²) in [5.74, 6) is -0.000558. The zero-order valence-electron chi connectivity index (χ0n) is 6.32. The van der Waals surface area contributed by atoms with Gasteiger partial charge in [0.15, 0.2) is 0 Å². The van der Waals surface area contributed by atoms with E-state index in [2.05, 4.69) is 0 Å². The number of thioether (sulfide) groups is 1. The Kier molecular flexibility index (Phi) is 3.20. The van der Waals surface area contributed by atoms with Gasteiger partial charge in [-0.1, -0.05) is 0 Å². The average Bonchev–Trinajstić information content (AvgIpc) is 2.71. The molecule has 0 bridgehead atoms. The highest BCUT2D eigenvalue weighted by Gasteiger charge is 2.22. The Morgan fingerprint density at radius 1 is 1.73 bits per heavy atom. The van der Waals surface area contributed by atoms with E-state index in [0.717, 1.165) is 11.0 Å². The summed E-state index contributed by atoms with van der Waals surface area (Å²) in [7, 11) is 0. The van der Waals surface area contributed by atoms with E-state index in [-0.39, 0.29) is 0 Å². The highest BCUT2D eigenvalue weighted by atomic mass is 32.2. The Morgan fingerprint density at radius 2 is 2.36 bits per heavy atom. The van der Waals surface area contributed by atoms with Crippen LogP contribution in [0.2, 0.25) is 0 Å². The van der Waals surface area contributed by atoms with Crippen molar-refractivity contribution in [3.05, 3.63) is 0 Å². The molecule has 3 N–H and O–H groups in total. The largest absolute Gasteiger partial charge is 0.480 e. The van der Waals surface area contributed by atoms with E-state index < -0.39 is 12.0 Å². The third kappa shape index (κ3) is 3.62. The summed E-state index contributed by atoms with van der Waals surface area (Å²) in [6.07, 6.45) is 3.19. The predicted octanol–water partition coefficient (Wildman–Crippen LogP) is 0.684. The van der Waals surface area contributed by atoms with E-state index in [0.29, 0.717) is 6.42 Å². The summed E-state index contributed by atoms with van der Waals surface area (Å²) in [4.78, 5) is 10.3. The number of hydrogen-bond donors (Lipinski definition) is 2. The van der Waals surface area contributed by atoms with Gasteiger partial charge in [0.25, 0.3) is 0 Å². The molecule has 1 saturated carbocycles. The molecule has 0 aromatic heterocycles. The van der Waals surface area contributed by atoms with E-state index >= 15 is 0 Å². The second-order valence-corrected chi connectivity index (χ2v) is 4.21. The molecule has 11 heavy (non-hydrogen) atoms. The fourth-order valence-electron chi connectivity index (χ4n) is 0.720. The molecule has 4 heteroatoms. The van der Waals surface area contributed by atoms with Crippen LogP contribution in [0.25, 0.3) is 0 Å². The van der Waals surface area contributed by atoms with E-state index in [9.17, 15) is 4.79 Å². The lowest BCUT2D eigenvalue weighted by Gasteiger charge is -2.04. The normalized spacial score (nSPS) is 19.7. The molecule has 0 saturated heterocycles. The number of rotatable bonds is 5. The smallest absolute Gasteiger partial charge is 0.320 e. The van der Waals surface area contributed by atoms with Gasteiger partial charge in [0, 0.05) is 5.25 Å². The van der Waals surface area contributed by atoms with Gasteiger partial charge < -0.3 is 10.8 Å². The van der Waals surface area contributed by atoms with E-state index in [1.165, 1.54) is 12.8 Å². The maximum atomic E-state index is 10.3. The number of aliphatic carboxylic acids is 1. The zero-order chi connectivity index (χ0) is 8.27. The third-order valence-electron chi connectivity index (χ3n) is 1.62. The minimum atomic E-state index is -0.888. The van der Waals surface area contributed by atoms with Crippen LogP contribution in [0, 0.1) is 0 Å². The molecule has 0 amide bonds. The topological polar surface area (TPSA) is 63.3 Å². The molecule has 3 nitrogen and oxygen atoms in total. The highest BCUT2D eigenvalue weighted by Crippen LogP contribution is 2.34. The van der Waals surface area contributed by atoms with Crippen molar-refractivity contribution in [3.8, 4) is 0 Å². The van der Waals surface area contributed by atoms with Crippen LogP contribution in [-0.2, 0) is 4.79 Å². The van der Waals surface area contributed by atoms with Crippen molar-refractivity contribution in [1.29, 1.82) is 0 Å². The van der Waals surface area contributed by atoms with Crippen LogP contribution in [0.4, 0.5) is 0 Å². The monoisotopic (exact) mass is 175 g/mol. The Hall–Kier alpha value is -0.220. The second-order valence-electron chi connectivity index (χ2n) is 2.80. The van der Waals surface area contributed by atoms with Gasteiger partial charge in [0.2, 0.25) is 0 Å². The van der Waals surface area contributed by atoms with E-state index in [1.807, 2.05) is 11.8 Å². The molecule has 0 aromatic carbocycles. The number of carboxylic acid groups (broad SMARTS) is 1. The summed E-state index contributed by atoms with van der Waals surface area (Å²) in [5.41, 5.74) is 5.31. The van der Waals surface area contributed by atoms with Gasteiger partial charge in [-0.05, 0) is 25.0 Å². The lowest BCUT2D eigenvalue weighted by atomic mass is 10.2. The summed E-state index contributed by atoms with van der Waals surface area (Å²) in [5, 5.41) is 9.23. The van der Waals surface area contributed by atoms with Gasteiger partial charge in [-0.25, -0.2) is 0 Å². The van der Waals surface area contributed by atoms with Crippen LogP contribution < -0.4 is 5.73 Å². The van der Waals surface area contributed by atoms with Crippen molar-refractivity contribution in [1.82, 2.24) is 0 Å². The third-order valence-corrected chi connectivity index (χ3v) is 3.04. The van der Waals surface area contributed by atoms with E-state index in [4.69, 9.17) is 10.8 Å². The Morgan fingerprint density at radius 3 is 2.82 bits per heavy atom. The molecule has 64 valence electrons. The van der Waals surface area contributed by atoms with Crippen molar-refractivity contribution in [2.75, 3.05) is 5.75 Å². The van der Waals surface area contributed by atoms with Gasteiger partial charge in [-0.15, -0.1) is 0 Å². The molecular weight excluding hydrogens is 162 g/mol. The zero-order valence-corrected chi connectivity index (χ0v) is 7.14. The Bertz CT molecular complexity index is 147. The number of carbonyl (C=O) groups is 1. The first-order valence-electron chi connectivity index (χ1n) is 3.80. The molecule has 1 aliphatic rings. The summed E-state index contributed by atoms with van der Waals surface area (Å²) < 4.78 is 0.